The molecule has 0 saturated heterocycles. The Hall–Kier alpha value is -0.870. The minimum atomic E-state index is -3.34. The van der Waals surface area contributed by atoms with Crippen molar-refractivity contribution >= 4 is 10.0 Å². The highest BCUT2D eigenvalue weighted by atomic mass is 32.2. The van der Waals surface area contributed by atoms with Gasteiger partial charge in [-0.25, -0.2) is 8.42 Å². The molecule has 0 radical (unpaired) electrons. The van der Waals surface area contributed by atoms with Crippen LogP contribution in [0.5, 0.6) is 0 Å². The first-order valence-corrected chi connectivity index (χ1v) is 8.98. The Labute approximate surface area is 123 Å². The van der Waals surface area contributed by atoms with Crippen LogP contribution >= 0.6 is 0 Å². The van der Waals surface area contributed by atoms with E-state index in [1.54, 1.807) is 23.5 Å². The van der Waals surface area contributed by atoms with Crippen molar-refractivity contribution in [1.29, 1.82) is 0 Å². The number of rotatable bonds is 5. The molecule has 112 valence electrons. The Morgan fingerprint density at radius 1 is 1.20 bits per heavy atom. The highest BCUT2D eigenvalue weighted by Crippen LogP contribution is 2.28. The first-order valence-electron chi connectivity index (χ1n) is 7.54. The molecule has 1 fully saturated rings. The summed E-state index contributed by atoms with van der Waals surface area (Å²) in [5.74, 6) is 0.472. The van der Waals surface area contributed by atoms with E-state index in [-0.39, 0.29) is 6.04 Å². The third kappa shape index (κ3) is 3.07. The van der Waals surface area contributed by atoms with Gasteiger partial charge in [-0.2, -0.15) is 4.31 Å². The maximum Gasteiger partial charge on any atom is 0.243 e. The van der Waals surface area contributed by atoms with Crippen LogP contribution in [0, 0.1) is 0 Å². The Bertz CT molecular complexity index is 530. The second-order valence-electron chi connectivity index (χ2n) is 5.84. The van der Waals surface area contributed by atoms with Gasteiger partial charge >= 0.3 is 0 Å². The van der Waals surface area contributed by atoms with Crippen molar-refractivity contribution in [3.8, 4) is 0 Å². The number of nitrogens with zero attached hydrogens (tertiary/aromatic N) is 1. The van der Waals surface area contributed by atoms with Crippen LogP contribution in [0.15, 0.2) is 29.2 Å². The van der Waals surface area contributed by atoms with Crippen LogP contribution in [0.1, 0.15) is 57.4 Å². The van der Waals surface area contributed by atoms with E-state index < -0.39 is 10.0 Å². The fraction of sp³-hybridized carbons (Fsp3) is 0.625. The average molecular weight is 295 g/mol. The fourth-order valence-electron chi connectivity index (χ4n) is 2.83. The lowest BCUT2D eigenvalue weighted by atomic mass is 9.99. The van der Waals surface area contributed by atoms with Crippen molar-refractivity contribution in [2.24, 2.45) is 0 Å². The lowest BCUT2D eigenvalue weighted by molar-refractivity contribution is 0.373. The normalized spacial score (nSPS) is 18.6. The third-order valence-corrected chi connectivity index (χ3v) is 6.50. The van der Waals surface area contributed by atoms with Gasteiger partial charge in [0.2, 0.25) is 10.0 Å². The van der Waals surface area contributed by atoms with Gasteiger partial charge in [0, 0.05) is 13.1 Å². The predicted molar refractivity (Wildman–Crippen MR) is 82.4 cm³/mol. The SMILES string of the molecule is CCC(C)c1ccc(S(=O)(=O)N(C)C2CCCC2)cc1. The lowest BCUT2D eigenvalue weighted by Gasteiger charge is -2.23. The molecule has 0 aromatic heterocycles. The van der Waals surface area contributed by atoms with Gasteiger partial charge in [-0.1, -0.05) is 38.8 Å². The zero-order valence-electron chi connectivity index (χ0n) is 12.7. The molecule has 1 aromatic carbocycles. The van der Waals surface area contributed by atoms with E-state index in [1.165, 1.54) is 5.56 Å². The zero-order valence-corrected chi connectivity index (χ0v) is 13.5. The molecule has 1 aliphatic rings. The zero-order chi connectivity index (χ0) is 14.8. The van der Waals surface area contributed by atoms with Crippen LogP contribution in [-0.4, -0.2) is 25.8 Å². The number of sulfonamides is 1. The molecule has 3 nitrogen and oxygen atoms in total. The summed E-state index contributed by atoms with van der Waals surface area (Å²) >= 11 is 0. The Morgan fingerprint density at radius 3 is 2.25 bits per heavy atom. The molecule has 0 amide bonds. The molecule has 0 N–H and O–H groups in total. The van der Waals surface area contributed by atoms with Gasteiger partial charge < -0.3 is 0 Å². The Kier molecular flexibility index (Phi) is 4.86. The second-order valence-corrected chi connectivity index (χ2v) is 7.84. The standard InChI is InChI=1S/C16H25NO2S/c1-4-13(2)14-9-11-16(12-10-14)20(18,19)17(3)15-7-5-6-8-15/h9-13,15H,4-8H2,1-3H3. The van der Waals surface area contributed by atoms with E-state index in [9.17, 15) is 8.42 Å². The van der Waals surface area contributed by atoms with E-state index >= 15 is 0 Å². The topological polar surface area (TPSA) is 37.4 Å². The Balaban J connectivity index is 2.20. The fourth-order valence-corrected chi connectivity index (χ4v) is 4.25. The maximum atomic E-state index is 12.6. The minimum absolute atomic E-state index is 0.175. The van der Waals surface area contributed by atoms with Gasteiger partial charge in [-0.05, 0) is 42.9 Å². The van der Waals surface area contributed by atoms with Gasteiger partial charge in [0.05, 0.1) is 4.90 Å². The van der Waals surface area contributed by atoms with Crippen LogP contribution < -0.4 is 0 Å². The quantitative estimate of drug-likeness (QED) is 0.829. The summed E-state index contributed by atoms with van der Waals surface area (Å²) in [5.41, 5.74) is 1.20. The molecular formula is C16H25NO2S. The molecule has 0 spiro atoms. The van der Waals surface area contributed by atoms with Crippen LogP contribution in [-0.2, 0) is 10.0 Å². The summed E-state index contributed by atoms with van der Waals surface area (Å²) < 4.78 is 26.8. The van der Waals surface area contributed by atoms with Crippen LogP contribution in [0.3, 0.4) is 0 Å². The van der Waals surface area contributed by atoms with Crippen molar-refractivity contribution < 1.29 is 8.42 Å². The number of benzene rings is 1. The monoisotopic (exact) mass is 295 g/mol. The van der Waals surface area contributed by atoms with Gasteiger partial charge in [-0.15, -0.1) is 0 Å². The Morgan fingerprint density at radius 2 is 1.75 bits per heavy atom. The van der Waals surface area contributed by atoms with Gasteiger partial charge in [0.15, 0.2) is 0 Å². The van der Waals surface area contributed by atoms with Crippen LogP contribution in [0.4, 0.5) is 0 Å². The summed E-state index contributed by atoms with van der Waals surface area (Å²) in [6.07, 6.45) is 5.31. The van der Waals surface area contributed by atoms with E-state index in [0.29, 0.717) is 10.8 Å². The molecule has 1 aliphatic carbocycles. The molecule has 1 aromatic rings. The average Bonchev–Trinajstić information content (AvgIpc) is 2.99. The summed E-state index contributed by atoms with van der Waals surface area (Å²) in [6, 6.07) is 7.58. The summed E-state index contributed by atoms with van der Waals surface area (Å²) in [4.78, 5) is 0.416. The molecule has 0 heterocycles. The second kappa shape index (κ2) is 6.27. The predicted octanol–water partition coefficient (Wildman–Crippen LogP) is 3.76. The number of hydrogen-bond acceptors (Lipinski definition) is 2. The molecule has 1 atom stereocenters. The van der Waals surface area contributed by atoms with E-state index in [1.807, 2.05) is 12.1 Å². The first kappa shape index (κ1) is 15.5. The summed E-state index contributed by atoms with van der Waals surface area (Å²) in [6.45, 7) is 4.30. The van der Waals surface area contributed by atoms with Crippen LogP contribution in [0.25, 0.3) is 0 Å². The smallest absolute Gasteiger partial charge is 0.207 e. The van der Waals surface area contributed by atoms with E-state index in [2.05, 4.69) is 13.8 Å². The molecule has 0 bridgehead atoms. The highest BCUT2D eigenvalue weighted by molar-refractivity contribution is 7.89. The molecular weight excluding hydrogens is 270 g/mol. The maximum absolute atomic E-state index is 12.6. The van der Waals surface area contributed by atoms with Crippen molar-refractivity contribution in [2.45, 2.75) is 62.8 Å². The third-order valence-electron chi connectivity index (χ3n) is 4.58. The summed E-state index contributed by atoms with van der Waals surface area (Å²) in [7, 11) is -1.62. The molecule has 1 unspecified atom stereocenters. The van der Waals surface area contributed by atoms with Gasteiger partial charge in [0.1, 0.15) is 0 Å². The molecule has 20 heavy (non-hydrogen) atoms. The van der Waals surface area contributed by atoms with Crippen molar-refractivity contribution in [2.75, 3.05) is 7.05 Å². The van der Waals surface area contributed by atoms with Crippen molar-refractivity contribution in [3.63, 3.8) is 0 Å². The van der Waals surface area contributed by atoms with Crippen molar-refractivity contribution in [1.82, 2.24) is 4.31 Å². The molecule has 2 rings (SSSR count). The van der Waals surface area contributed by atoms with Gasteiger partial charge in [-0.3, -0.25) is 0 Å². The molecule has 4 heteroatoms. The van der Waals surface area contributed by atoms with Crippen molar-refractivity contribution in [3.05, 3.63) is 29.8 Å². The first-order chi connectivity index (χ1) is 9.46. The minimum Gasteiger partial charge on any atom is -0.207 e. The molecule has 0 aliphatic heterocycles. The van der Waals surface area contributed by atoms with Crippen LogP contribution in [0.2, 0.25) is 0 Å². The summed E-state index contributed by atoms with van der Waals surface area (Å²) in [5, 5.41) is 0. The number of hydrogen-bond donors (Lipinski definition) is 0. The largest absolute Gasteiger partial charge is 0.243 e. The van der Waals surface area contributed by atoms with E-state index in [4.69, 9.17) is 0 Å². The molecule has 1 saturated carbocycles. The highest BCUT2D eigenvalue weighted by Gasteiger charge is 2.29. The van der Waals surface area contributed by atoms with E-state index in [0.717, 1.165) is 32.1 Å². The van der Waals surface area contributed by atoms with Gasteiger partial charge in [0.25, 0.3) is 0 Å². The lowest BCUT2D eigenvalue weighted by Crippen LogP contribution is -2.35.